The lowest BCUT2D eigenvalue weighted by atomic mass is 9.94. The third kappa shape index (κ3) is 7.08. The van der Waals surface area contributed by atoms with Crippen molar-refractivity contribution in [2.24, 2.45) is 5.92 Å². The van der Waals surface area contributed by atoms with Gasteiger partial charge >= 0.3 is 5.97 Å². The summed E-state index contributed by atoms with van der Waals surface area (Å²) < 4.78 is 0. The summed E-state index contributed by atoms with van der Waals surface area (Å²) in [6, 6.07) is 19.3. The number of carboxylic acids is 1. The number of hydrogen-bond donors (Lipinski definition) is 3. The van der Waals surface area contributed by atoms with Gasteiger partial charge in [0.2, 0.25) is 0 Å². The van der Waals surface area contributed by atoms with Crippen LogP contribution < -0.4 is 5.32 Å². The number of aliphatic hydroxyl groups is 1. The minimum atomic E-state index is -0.726. The number of benzene rings is 2. The lowest BCUT2D eigenvalue weighted by Crippen LogP contribution is -2.23. The van der Waals surface area contributed by atoms with Gasteiger partial charge in [0.05, 0.1) is 12.0 Å². The second-order valence-corrected chi connectivity index (χ2v) is 6.35. The summed E-state index contributed by atoms with van der Waals surface area (Å²) in [6.07, 6.45) is 2.51. The molecule has 4 nitrogen and oxygen atoms in total. The van der Waals surface area contributed by atoms with Crippen molar-refractivity contribution >= 4 is 5.97 Å². The fourth-order valence-electron chi connectivity index (χ4n) is 2.88. The van der Waals surface area contributed by atoms with E-state index in [0.29, 0.717) is 19.4 Å². The van der Waals surface area contributed by atoms with Crippen LogP contribution in [0.2, 0.25) is 0 Å². The van der Waals surface area contributed by atoms with E-state index in [9.17, 15) is 15.0 Å². The molecular formula is C21H27NO3. The zero-order valence-corrected chi connectivity index (χ0v) is 14.5. The molecule has 0 saturated carbocycles. The molecule has 0 heterocycles. The molecule has 0 aromatic heterocycles. The average Bonchev–Trinajstić information content (AvgIpc) is 2.64. The molecule has 2 unspecified atom stereocenters. The predicted octanol–water partition coefficient (Wildman–Crippen LogP) is 3.42. The van der Waals surface area contributed by atoms with E-state index >= 15 is 0 Å². The molecule has 0 saturated heterocycles. The van der Waals surface area contributed by atoms with Gasteiger partial charge in [-0.1, -0.05) is 67.1 Å². The Morgan fingerprint density at radius 1 is 0.960 bits per heavy atom. The first kappa shape index (κ1) is 19.2. The summed E-state index contributed by atoms with van der Waals surface area (Å²) in [5.74, 6) is -1.06. The Morgan fingerprint density at radius 2 is 1.60 bits per heavy atom. The predicted molar refractivity (Wildman–Crippen MR) is 99.4 cm³/mol. The lowest BCUT2D eigenvalue weighted by molar-refractivity contribution is -0.142. The number of carbonyl (C=O) groups is 1. The van der Waals surface area contributed by atoms with Gasteiger partial charge in [-0.25, -0.2) is 0 Å². The molecule has 0 fully saturated rings. The highest BCUT2D eigenvalue weighted by Crippen LogP contribution is 2.16. The highest BCUT2D eigenvalue weighted by Gasteiger charge is 2.17. The second-order valence-electron chi connectivity index (χ2n) is 6.35. The van der Waals surface area contributed by atoms with E-state index in [2.05, 4.69) is 5.32 Å². The molecule has 0 bridgehead atoms. The maximum atomic E-state index is 11.4. The Kier molecular flexibility index (Phi) is 8.16. The third-order valence-electron chi connectivity index (χ3n) is 4.35. The van der Waals surface area contributed by atoms with Crippen molar-refractivity contribution in [3.63, 3.8) is 0 Å². The average molecular weight is 341 g/mol. The molecule has 134 valence electrons. The zero-order chi connectivity index (χ0) is 17.9. The summed E-state index contributed by atoms with van der Waals surface area (Å²) in [6.45, 7) is 1.29. The van der Waals surface area contributed by atoms with Crippen molar-refractivity contribution < 1.29 is 15.0 Å². The van der Waals surface area contributed by atoms with Crippen LogP contribution >= 0.6 is 0 Å². The molecule has 3 N–H and O–H groups in total. The van der Waals surface area contributed by atoms with Crippen molar-refractivity contribution in [1.82, 2.24) is 5.32 Å². The first-order valence-corrected chi connectivity index (χ1v) is 8.87. The monoisotopic (exact) mass is 341 g/mol. The molecule has 0 spiro atoms. The van der Waals surface area contributed by atoms with Crippen molar-refractivity contribution in [3.8, 4) is 0 Å². The van der Waals surface area contributed by atoms with E-state index in [-0.39, 0.29) is 5.92 Å². The van der Waals surface area contributed by atoms with Crippen LogP contribution in [0.1, 0.15) is 36.5 Å². The van der Waals surface area contributed by atoms with Gasteiger partial charge in [-0.2, -0.15) is 0 Å². The molecule has 4 heteroatoms. The molecule has 0 radical (unpaired) electrons. The highest BCUT2D eigenvalue weighted by molar-refractivity contribution is 5.70. The number of carboxylic acid groups (broad SMARTS) is 1. The molecule has 2 rings (SSSR count). The number of aliphatic carboxylic acids is 1. The number of unbranched alkanes of at least 4 members (excludes halogenated alkanes) is 1. The first-order valence-electron chi connectivity index (χ1n) is 8.87. The Balaban J connectivity index is 1.63. The fraction of sp³-hybridized carbons (Fsp3) is 0.381. The molecule has 2 aromatic carbocycles. The van der Waals surface area contributed by atoms with Crippen LogP contribution in [0.15, 0.2) is 60.7 Å². The molecule has 2 aromatic rings. The van der Waals surface area contributed by atoms with E-state index in [0.717, 1.165) is 30.5 Å². The quantitative estimate of drug-likeness (QED) is 0.548. The minimum absolute atomic E-state index is 0.336. The summed E-state index contributed by atoms with van der Waals surface area (Å²) in [7, 11) is 0. The Bertz CT molecular complexity index is 616. The lowest BCUT2D eigenvalue weighted by Gasteiger charge is -2.14. The van der Waals surface area contributed by atoms with E-state index in [1.807, 2.05) is 60.7 Å². The molecule has 2 atom stereocenters. The van der Waals surface area contributed by atoms with E-state index in [1.165, 1.54) is 0 Å². The maximum Gasteiger partial charge on any atom is 0.306 e. The van der Waals surface area contributed by atoms with Crippen LogP contribution in [-0.2, 0) is 11.2 Å². The van der Waals surface area contributed by atoms with Crippen LogP contribution in [0, 0.1) is 5.92 Å². The van der Waals surface area contributed by atoms with Crippen LogP contribution in [-0.4, -0.2) is 29.3 Å². The van der Waals surface area contributed by atoms with Crippen molar-refractivity contribution in [2.45, 2.75) is 31.8 Å². The van der Waals surface area contributed by atoms with Gasteiger partial charge in [-0.15, -0.1) is 0 Å². The fourth-order valence-corrected chi connectivity index (χ4v) is 2.88. The van der Waals surface area contributed by atoms with E-state index in [4.69, 9.17) is 0 Å². The zero-order valence-electron chi connectivity index (χ0n) is 14.5. The summed E-state index contributed by atoms with van der Waals surface area (Å²) in [4.78, 5) is 11.4. The number of rotatable bonds is 11. The normalized spacial score (nSPS) is 13.3. The molecule has 0 amide bonds. The van der Waals surface area contributed by atoms with Crippen LogP contribution in [0.5, 0.6) is 0 Å². The Hall–Kier alpha value is -2.17. The van der Waals surface area contributed by atoms with Crippen molar-refractivity contribution in [1.29, 1.82) is 0 Å². The SMILES string of the molecule is O=C(O)C(CCCCNCC(O)c1ccccc1)Cc1ccccc1. The summed E-state index contributed by atoms with van der Waals surface area (Å²) in [5, 5.41) is 22.7. The molecular weight excluding hydrogens is 314 g/mol. The molecule has 0 aliphatic heterocycles. The van der Waals surface area contributed by atoms with Gasteiger partial charge in [0.1, 0.15) is 0 Å². The van der Waals surface area contributed by atoms with Crippen LogP contribution in [0.4, 0.5) is 0 Å². The van der Waals surface area contributed by atoms with E-state index < -0.39 is 12.1 Å². The van der Waals surface area contributed by atoms with E-state index in [1.54, 1.807) is 0 Å². The van der Waals surface area contributed by atoms with Gasteiger partial charge in [0.15, 0.2) is 0 Å². The smallest absolute Gasteiger partial charge is 0.306 e. The standard InChI is InChI=1S/C21H27NO3/c23-20(18-11-5-2-6-12-18)16-22-14-8-7-13-19(21(24)25)15-17-9-3-1-4-10-17/h1-6,9-12,19-20,22-23H,7-8,13-16H2,(H,24,25). The van der Waals surface area contributed by atoms with Gasteiger partial charge < -0.3 is 15.5 Å². The molecule has 0 aliphatic rings. The topological polar surface area (TPSA) is 69.6 Å². The minimum Gasteiger partial charge on any atom is -0.481 e. The van der Waals surface area contributed by atoms with Gasteiger partial charge in [-0.05, 0) is 36.9 Å². The maximum absolute atomic E-state index is 11.4. The summed E-state index contributed by atoms with van der Waals surface area (Å²) >= 11 is 0. The second kappa shape index (κ2) is 10.6. The Labute approximate surface area is 149 Å². The van der Waals surface area contributed by atoms with Crippen LogP contribution in [0.25, 0.3) is 0 Å². The number of aliphatic hydroxyl groups excluding tert-OH is 1. The van der Waals surface area contributed by atoms with Gasteiger partial charge in [0, 0.05) is 6.54 Å². The summed E-state index contributed by atoms with van der Waals surface area (Å²) in [5.41, 5.74) is 1.97. The first-order chi connectivity index (χ1) is 12.2. The van der Waals surface area contributed by atoms with Crippen molar-refractivity contribution in [2.75, 3.05) is 13.1 Å². The Morgan fingerprint density at radius 3 is 2.24 bits per heavy atom. The van der Waals surface area contributed by atoms with Crippen molar-refractivity contribution in [3.05, 3.63) is 71.8 Å². The molecule has 25 heavy (non-hydrogen) atoms. The highest BCUT2D eigenvalue weighted by atomic mass is 16.4. The third-order valence-corrected chi connectivity index (χ3v) is 4.35. The number of hydrogen-bond acceptors (Lipinski definition) is 3. The van der Waals surface area contributed by atoms with Gasteiger partial charge in [0.25, 0.3) is 0 Å². The van der Waals surface area contributed by atoms with Gasteiger partial charge in [-0.3, -0.25) is 4.79 Å². The largest absolute Gasteiger partial charge is 0.481 e. The molecule has 0 aliphatic carbocycles. The van der Waals surface area contributed by atoms with Crippen LogP contribution in [0.3, 0.4) is 0 Å². The number of nitrogens with one attached hydrogen (secondary N) is 1.